The molecule has 22 heavy (non-hydrogen) atoms. The first-order valence-corrected chi connectivity index (χ1v) is 7.34. The van der Waals surface area contributed by atoms with Gasteiger partial charge >= 0.3 is 5.97 Å². The fraction of sp³-hybridized carbons (Fsp3) is 0.733. The number of carbonyl (C=O) groups excluding carboxylic acids is 2. The molecule has 2 fully saturated rings. The second-order valence-corrected chi connectivity index (χ2v) is 6.84. The van der Waals surface area contributed by atoms with Crippen LogP contribution in [0.25, 0.3) is 0 Å². The average Bonchev–Trinajstić information content (AvgIpc) is 2.65. The average molecular weight is 312 g/mol. The van der Waals surface area contributed by atoms with E-state index in [9.17, 15) is 24.9 Å². The van der Waals surface area contributed by atoms with Gasteiger partial charge in [0.25, 0.3) is 0 Å². The molecule has 3 aliphatic heterocycles. The number of rotatable bonds is 1. The Morgan fingerprint density at radius 2 is 2.00 bits per heavy atom. The van der Waals surface area contributed by atoms with Gasteiger partial charge in [0.15, 0.2) is 5.78 Å². The number of hydrogen-bond donors (Lipinski definition) is 3. The zero-order valence-electron chi connectivity index (χ0n) is 12.6. The number of ketones is 1. The monoisotopic (exact) mass is 312 g/mol. The van der Waals surface area contributed by atoms with E-state index in [0.717, 1.165) is 0 Å². The first kappa shape index (κ1) is 15.6. The second kappa shape index (κ2) is 4.61. The lowest BCUT2D eigenvalue weighted by atomic mass is 9.74. The minimum atomic E-state index is -1.69. The molecule has 122 valence electrons. The summed E-state index contributed by atoms with van der Waals surface area (Å²) in [5, 5.41) is 30.3. The number of aliphatic hydroxyl groups excluding tert-OH is 2. The molecule has 3 N–H and O–H groups in total. The Kier molecular flexibility index (Phi) is 3.27. The highest BCUT2D eigenvalue weighted by Crippen LogP contribution is 2.51. The first-order chi connectivity index (χ1) is 10.1. The summed E-state index contributed by atoms with van der Waals surface area (Å²) in [5.41, 5.74) is -2.51. The maximum absolute atomic E-state index is 12.4. The quantitative estimate of drug-likeness (QED) is 0.563. The van der Waals surface area contributed by atoms with Crippen LogP contribution in [0.2, 0.25) is 0 Å². The standard InChI is InChI=1S/C15H20O7/c1-13(20)4-3-10(18)14(2)5-9(17)11-8(6-16)12(19)21-15(11,7-13)22-14/h9,16-17,20H,3-7H2,1-2H3. The normalized spacial score (nSPS) is 45.2. The summed E-state index contributed by atoms with van der Waals surface area (Å²) in [6, 6.07) is 0. The van der Waals surface area contributed by atoms with E-state index < -0.39 is 35.7 Å². The summed E-state index contributed by atoms with van der Waals surface area (Å²) >= 11 is 0. The number of ether oxygens (including phenoxy) is 2. The third-order valence-electron chi connectivity index (χ3n) is 4.80. The predicted octanol–water partition coefficient (Wildman–Crippen LogP) is -0.428. The Morgan fingerprint density at radius 1 is 1.32 bits per heavy atom. The van der Waals surface area contributed by atoms with Crippen LogP contribution in [-0.4, -0.2) is 56.8 Å². The number of hydrogen-bond acceptors (Lipinski definition) is 7. The van der Waals surface area contributed by atoms with Gasteiger partial charge in [0.05, 0.1) is 23.9 Å². The molecule has 3 heterocycles. The highest BCUT2D eigenvalue weighted by molar-refractivity contribution is 5.94. The summed E-state index contributed by atoms with van der Waals surface area (Å²) < 4.78 is 11.2. The summed E-state index contributed by atoms with van der Waals surface area (Å²) in [7, 11) is 0. The van der Waals surface area contributed by atoms with E-state index in [-0.39, 0.29) is 42.6 Å². The van der Waals surface area contributed by atoms with Crippen molar-refractivity contribution in [1.82, 2.24) is 0 Å². The predicted molar refractivity (Wildman–Crippen MR) is 72.5 cm³/mol. The smallest absolute Gasteiger partial charge is 0.339 e. The highest BCUT2D eigenvalue weighted by atomic mass is 16.7. The Bertz CT molecular complexity index is 578. The number of carbonyl (C=O) groups is 2. The van der Waals surface area contributed by atoms with Crippen LogP contribution in [0.1, 0.15) is 39.5 Å². The molecular weight excluding hydrogens is 292 g/mol. The van der Waals surface area contributed by atoms with Gasteiger partial charge in [-0.05, 0) is 20.3 Å². The number of Topliss-reactive ketones (excluding diaryl/α,β-unsaturated/α-hetero) is 1. The molecule has 2 bridgehead atoms. The van der Waals surface area contributed by atoms with Gasteiger partial charge in [-0.25, -0.2) is 4.79 Å². The maximum atomic E-state index is 12.4. The molecule has 7 heteroatoms. The Balaban J connectivity index is 2.17. The van der Waals surface area contributed by atoms with Gasteiger partial charge in [0, 0.05) is 24.8 Å². The van der Waals surface area contributed by atoms with Crippen molar-refractivity contribution in [3.63, 3.8) is 0 Å². The van der Waals surface area contributed by atoms with Crippen molar-refractivity contribution in [2.75, 3.05) is 6.61 Å². The van der Waals surface area contributed by atoms with E-state index in [1.165, 1.54) is 6.92 Å². The molecule has 0 aromatic heterocycles. The SMILES string of the molecule is CC1(O)CCC(=O)C2(C)CC(O)C3=C(CO)C(=O)OC3(C1)O2. The van der Waals surface area contributed by atoms with Gasteiger partial charge in [-0.1, -0.05) is 0 Å². The van der Waals surface area contributed by atoms with Gasteiger partial charge in [0.1, 0.15) is 5.60 Å². The van der Waals surface area contributed by atoms with Crippen LogP contribution in [0, 0.1) is 0 Å². The molecule has 0 aliphatic carbocycles. The van der Waals surface area contributed by atoms with Crippen molar-refractivity contribution in [1.29, 1.82) is 0 Å². The van der Waals surface area contributed by atoms with Crippen LogP contribution in [0.15, 0.2) is 11.1 Å². The van der Waals surface area contributed by atoms with E-state index in [4.69, 9.17) is 9.47 Å². The van der Waals surface area contributed by atoms with Crippen molar-refractivity contribution in [3.05, 3.63) is 11.1 Å². The van der Waals surface area contributed by atoms with Gasteiger partial charge < -0.3 is 24.8 Å². The molecule has 0 aromatic rings. The fourth-order valence-electron chi connectivity index (χ4n) is 3.74. The molecule has 0 radical (unpaired) electrons. The van der Waals surface area contributed by atoms with Gasteiger partial charge in [-0.15, -0.1) is 0 Å². The van der Waals surface area contributed by atoms with Crippen molar-refractivity contribution in [3.8, 4) is 0 Å². The first-order valence-electron chi connectivity index (χ1n) is 7.34. The van der Waals surface area contributed by atoms with Gasteiger partial charge in [-0.3, -0.25) is 4.79 Å². The second-order valence-electron chi connectivity index (χ2n) is 6.84. The molecule has 0 saturated carbocycles. The summed E-state index contributed by atoms with van der Waals surface area (Å²) in [5.74, 6) is -2.73. The topological polar surface area (TPSA) is 113 Å². The summed E-state index contributed by atoms with van der Waals surface area (Å²) in [4.78, 5) is 24.4. The lowest BCUT2D eigenvalue weighted by Crippen LogP contribution is -2.60. The van der Waals surface area contributed by atoms with Crippen molar-refractivity contribution < 1.29 is 34.4 Å². The molecule has 1 spiro atoms. The lowest BCUT2D eigenvalue weighted by Gasteiger charge is -2.49. The van der Waals surface area contributed by atoms with Crippen molar-refractivity contribution >= 4 is 11.8 Å². The molecule has 7 nitrogen and oxygen atoms in total. The van der Waals surface area contributed by atoms with E-state index in [2.05, 4.69) is 0 Å². The number of esters is 1. The van der Waals surface area contributed by atoms with Gasteiger partial charge in [0.2, 0.25) is 5.79 Å². The Morgan fingerprint density at radius 3 is 2.64 bits per heavy atom. The van der Waals surface area contributed by atoms with Crippen LogP contribution in [0.4, 0.5) is 0 Å². The number of aliphatic hydroxyl groups is 3. The van der Waals surface area contributed by atoms with Crippen molar-refractivity contribution in [2.45, 2.75) is 62.6 Å². The zero-order chi connectivity index (χ0) is 16.3. The molecule has 3 aliphatic rings. The third kappa shape index (κ3) is 2.11. The molecule has 4 unspecified atom stereocenters. The minimum Gasteiger partial charge on any atom is -0.425 e. The molecular formula is C15H20O7. The van der Waals surface area contributed by atoms with Crippen LogP contribution in [0.3, 0.4) is 0 Å². The molecule has 3 rings (SSSR count). The Labute approximate surface area is 127 Å². The molecule has 0 aromatic carbocycles. The maximum Gasteiger partial charge on any atom is 0.339 e. The summed E-state index contributed by atoms with van der Waals surface area (Å²) in [6.45, 7) is 2.50. The van der Waals surface area contributed by atoms with Crippen molar-refractivity contribution in [2.24, 2.45) is 0 Å². The fourth-order valence-corrected chi connectivity index (χ4v) is 3.74. The van der Waals surface area contributed by atoms with Gasteiger partial charge in [-0.2, -0.15) is 0 Å². The highest BCUT2D eigenvalue weighted by Gasteiger charge is 2.63. The van der Waals surface area contributed by atoms with Crippen LogP contribution < -0.4 is 0 Å². The van der Waals surface area contributed by atoms with Crippen LogP contribution in [0.5, 0.6) is 0 Å². The minimum absolute atomic E-state index is 0.00873. The Hall–Kier alpha value is -1.28. The molecule has 4 atom stereocenters. The number of fused-ring (bicyclic) bond motifs is 1. The van der Waals surface area contributed by atoms with Crippen LogP contribution >= 0.6 is 0 Å². The largest absolute Gasteiger partial charge is 0.425 e. The van der Waals surface area contributed by atoms with E-state index in [0.29, 0.717) is 0 Å². The zero-order valence-corrected chi connectivity index (χ0v) is 12.6. The third-order valence-corrected chi connectivity index (χ3v) is 4.80. The summed E-state index contributed by atoms with van der Waals surface area (Å²) in [6.07, 6.45) is -0.922. The molecule has 0 amide bonds. The molecule has 2 saturated heterocycles. The lowest BCUT2D eigenvalue weighted by molar-refractivity contribution is -0.283. The van der Waals surface area contributed by atoms with E-state index in [1.54, 1.807) is 6.92 Å². The van der Waals surface area contributed by atoms with Crippen LogP contribution in [-0.2, 0) is 19.1 Å². The van der Waals surface area contributed by atoms with E-state index >= 15 is 0 Å². The van der Waals surface area contributed by atoms with E-state index in [1.807, 2.05) is 0 Å².